The van der Waals surface area contributed by atoms with E-state index >= 15 is 0 Å². The van der Waals surface area contributed by atoms with Gasteiger partial charge in [0, 0.05) is 17.6 Å². The Bertz CT molecular complexity index is 624. The van der Waals surface area contributed by atoms with Crippen LogP contribution >= 0.6 is 0 Å². The molecule has 3 unspecified atom stereocenters. The Labute approximate surface area is 127 Å². The summed E-state index contributed by atoms with van der Waals surface area (Å²) >= 11 is 0. The Morgan fingerprint density at radius 1 is 1.19 bits per heavy atom. The lowest BCUT2D eigenvalue weighted by molar-refractivity contribution is 0.456. The summed E-state index contributed by atoms with van der Waals surface area (Å²) in [6.07, 6.45) is 7.86. The summed E-state index contributed by atoms with van der Waals surface area (Å²) in [6, 6.07) is 11.3. The van der Waals surface area contributed by atoms with Crippen LogP contribution in [0.1, 0.15) is 44.2 Å². The van der Waals surface area contributed by atoms with Crippen molar-refractivity contribution < 1.29 is 0 Å². The maximum Gasteiger partial charge on any atom is 0.0702 e. The van der Waals surface area contributed by atoms with Gasteiger partial charge in [-0.05, 0) is 54.8 Å². The third-order valence-corrected chi connectivity index (χ3v) is 5.50. The highest BCUT2D eigenvalue weighted by Gasteiger charge is 2.54. The first-order valence-corrected chi connectivity index (χ1v) is 8.46. The number of nitrogens with zero attached hydrogens (tertiary/aromatic N) is 1. The fourth-order valence-electron chi connectivity index (χ4n) is 4.50. The number of para-hydroxylation sites is 1. The third-order valence-electron chi connectivity index (χ3n) is 5.50. The second-order valence-electron chi connectivity index (χ2n) is 6.69. The van der Waals surface area contributed by atoms with Crippen LogP contribution in [0.3, 0.4) is 0 Å². The molecule has 2 aliphatic carbocycles. The van der Waals surface area contributed by atoms with E-state index in [4.69, 9.17) is 0 Å². The summed E-state index contributed by atoms with van der Waals surface area (Å²) in [5.74, 6) is 2.78. The van der Waals surface area contributed by atoms with Crippen molar-refractivity contribution in [1.29, 1.82) is 0 Å². The highest BCUT2D eigenvalue weighted by atomic mass is 14.9. The predicted octanol–water partition coefficient (Wildman–Crippen LogP) is 4.32. The Morgan fingerprint density at radius 2 is 1.95 bits per heavy atom. The molecule has 1 heterocycles. The van der Waals surface area contributed by atoms with Crippen molar-refractivity contribution in [2.45, 2.75) is 38.6 Å². The van der Waals surface area contributed by atoms with E-state index < -0.39 is 0 Å². The summed E-state index contributed by atoms with van der Waals surface area (Å²) < 4.78 is 0. The topological polar surface area (TPSA) is 24.9 Å². The number of nitrogens with one attached hydrogen (secondary N) is 1. The summed E-state index contributed by atoms with van der Waals surface area (Å²) in [4.78, 5) is 4.67. The molecule has 3 atom stereocenters. The molecule has 1 aromatic carbocycles. The summed E-state index contributed by atoms with van der Waals surface area (Å²) in [5, 5.41) is 5.01. The number of aromatic nitrogens is 1. The van der Waals surface area contributed by atoms with Crippen molar-refractivity contribution >= 4 is 10.9 Å². The van der Waals surface area contributed by atoms with Crippen molar-refractivity contribution in [3.8, 4) is 0 Å². The molecule has 1 aromatic heterocycles. The number of benzene rings is 1. The van der Waals surface area contributed by atoms with Crippen LogP contribution < -0.4 is 5.32 Å². The van der Waals surface area contributed by atoms with Crippen LogP contribution in [0.2, 0.25) is 0 Å². The Hall–Kier alpha value is -1.41. The molecular weight excluding hydrogens is 256 g/mol. The zero-order chi connectivity index (χ0) is 14.2. The first kappa shape index (κ1) is 13.3. The van der Waals surface area contributed by atoms with Crippen LogP contribution in [0.25, 0.3) is 10.9 Å². The molecule has 2 aliphatic rings. The van der Waals surface area contributed by atoms with Crippen LogP contribution in [0.5, 0.6) is 0 Å². The standard InChI is InChI=1S/C19H24N2/c1-2-20-19(18-15-8-4-5-9-16(15)18)14-11-13-7-3-6-10-17(13)21-12-14/h3,6-7,10-12,15-16,18-20H,2,4-5,8-9H2,1H3. The highest BCUT2D eigenvalue weighted by molar-refractivity contribution is 5.78. The predicted molar refractivity (Wildman–Crippen MR) is 87.1 cm³/mol. The molecule has 2 aromatic rings. The molecular formula is C19H24N2. The Kier molecular flexibility index (Phi) is 3.42. The van der Waals surface area contributed by atoms with E-state index in [0.29, 0.717) is 6.04 Å². The van der Waals surface area contributed by atoms with Gasteiger partial charge in [0.2, 0.25) is 0 Å². The van der Waals surface area contributed by atoms with Crippen LogP contribution in [0.4, 0.5) is 0 Å². The van der Waals surface area contributed by atoms with Gasteiger partial charge in [0.1, 0.15) is 0 Å². The fraction of sp³-hybridized carbons (Fsp3) is 0.526. The van der Waals surface area contributed by atoms with Gasteiger partial charge in [-0.15, -0.1) is 0 Å². The van der Waals surface area contributed by atoms with E-state index in [9.17, 15) is 0 Å². The molecule has 4 rings (SSSR count). The van der Waals surface area contributed by atoms with E-state index in [1.807, 2.05) is 0 Å². The minimum atomic E-state index is 0.500. The van der Waals surface area contributed by atoms with Gasteiger partial charge < -0.3 is 5.32 Å². The normalized spacial score (nSPS) is 29.1. The van der Waals surface area contributed by atoms with Gasteiger partial charge in [0.25, 0.3) is 0 Å². The second kappa shape index (κ2) is 5.42. The first-order chi connectivity index (χ1) is 10.4. The van der Waals surface area contributed by atoms with Gasteiger partial charge in [-0.1, -0.05) is 38.0 Å². The van der Waals surface area contributed by atoms with E-state index in [-0.39, 0.29) is 0 Å². The van der Waals surface area contributed by atoms with E-state index in [2.05, 4.69) is 53.8 Å². The summed E-state index contributed by atoms with van der Waals surface area (Å²) in [6.45, 7) is 3.25. The molecule has 0 spiro atoms. The smallest absolute Gasteiger partial charge is 0.0702 e. The molecule has 2 heteroatoms. The maximum atomic E-state index is 4.67. The van der Waals surface area contributed by atoms with E-state index in [1.165, 1.54) is 36.6 Å². The average Bonchev–Trinajstić information content (AvgIpc) is 3.26. The molecule has 110 valence electrons. The van der Waals surface area contributed by atoms with Crippen molar-refractivity contribution in [1.82, 2.24) is 10.3 Å². The molecule has 1 N–H and O–H groups in total. The number of rotatable bonds is 4. The quantitative estimate of drug-likeness (QED) is 0.902. The summed E-state index contributed by atoms with van der Waals surface area (Å²) in [5.41, 5.74) is 2.49. The minimum Gasteiger partial charge on any atom is -0.310 e. The van der Waals surface area contributed by atoms with Crippen molar-refractivity contribution in [3.05, 3.63) is 42.1 Å². The van der Waals surface area contributed by atoms with Gasteiger partial charge in [-0.2, -0.15) is 0 Å². The summed E-state index contributed by atoms with van der Waals surface area (Å²) in [7, 11) is 0. The number of hydrogen-bond donors (Lipinski definition) is 1. The zero-order valence-corrected chi connectivity index (χ0v) is 12.8. The third kappa shape index (κ3) is 2.36. The van der Waals surface area contributed by atoms with Gasteiger partial charge in [-0.3, -0.25) is 4.98 Å². The Morgan fingerprint density at radius 3 is 2.71 bits per heavy atom. The first-order valence-electron chi connectivity index (χ1n) is 8.46. The lowest BCUT2D eigenvalue weighted by atomic mass is 10.00. The van der Waals surface area contributed by atoms with Crippen molar-refractivity contribution in [2.24, 2.45) is 17.8 Å². The van der Waals surface area contributed by atoms with E-state index in [0.717, 1.165) is 29.8 Å². The zero-order valence-electron chi connectivity index (χ0n) is 12.8. The minimum absolute atomic E-state index is 0.500. The monoisotopic (exact) mass is 280 g/mol. The van der Waals surface area contributed by atoms with Gasteiger partial charge in [0.15, 0.2) is 0 Å². The largest absolute Gasteiger partial charge is 0.310 e. The maximum absolute atomic E-state index is 4.67. The van der Waals surface area contributed by atoms with Crippen LogP contribution in [-0.4, -0.2) is 11.5 Å². The number of pyridine rings is 1. The SMILES string of the molecule is CCNC(c1cnc2ccccc2c1)C1C2CCCCC21. The molecule has 0 radical (unpaired) electrons. The van der Waals surface area contributed by atoms with Gasteiger partial charge in [-0.25, -0.2) is 0 Å². The lowest BCUT2D eigenvalue weighted by Crippen LogP contribution is -2.24. The fourth-order valence-corrected chi connectivity index (χ4v) is 4.50. The second-order valence-corrected chi connectivity index (χ2v) is 6.69. The number of hydrogen-bond acceptors (Lipinski definition) is 2. The molecule has 2 nitrogen and oxygen atoms in total. The van der Waals surface area contributed by atoms with Crippen molar-refractivity contribution in [3.63, 3.8) is 0 Å². The molecule has 0 bridgehead atoms. The van der Waals surface area contributed by atoms with Crippen LogP contribution in [0.15, 0.2) is 36.5 Å². The lowest BCUT2D eigenvalue weighted by Gasteiger charge is -2.19. The molecule has 21 heavy (non-hydrogen) atoms. The Balaban J connectivity index is 1.66. The van der Waals surface area contributed by atoms with Gasteiger partial charge >= 0.3 is 0 Å². The molecule has 0 amide bonds. The number of fused-ring (bicyclic) bond motifs is 2. The highest BCUT2D eigenvalue weighted by Crippen LogP contribution is 2.60. The molecule has 0 aliphatic heterocycles. The molecule has 2 fully saturated rings. The van der Waals surface area contributed by atoms with Crippen LogP contribution in [0, 0.1) is 17.8 Å². The van der Waals surface area contributed by atoms with Crippen molar-refractivity contribution in [2.75, 3.05) is 6.54 Å². The molecule has 0 saturated heterocycles. The molecule has 2 saturated carbocycles. The van der Waals surface area contributed by atoms with Crippen LogP contribution in [-0.2, 0) is 0 Å². The average molecular weight is 280 g/mol. The van der Waals surface area contributed by atoms with E-state index in [1.54, 1.807) is 0 Å². The van der Waals surface area contributed by atoms with Gasteiger partial charge in [0.05, 0.1) is 5.52 Å².